The number of fused-ring (bicyclic) bond motifs is 1. The molecule has 44 heavy (non-hydrogen) atoms. The second-order valence-electron chi connectivity index (χ2n) is 10.2. The maximum absolute atomic E-state index is 13.5. The predicted octanol–water partition coefficient (Wildman–Crippen LogP) is 9.44. The van der Waals surface area contributed by atoms with Crippen molar-refractivity contribution in [1.82, 2.24) is 10.6 Å². The third kappa shape index (κ3) is 7.56. The molecule has 0 bridgehead atoms. The fraction of sp³-hybridized carbons (Fsp3) is 0.147. The smallest absolute Gasteiger partial charge is 0.354 e. The van der Waals surface area contributed by atoms with Crippen LogP contribution in [0.25, 0.3) is 10.8 Å². The Morgan fingerprint density at radius 1 is 0.614 bits per heavy atom. The van der Waals surface area contributed by atoms with E-state index in [2.05, 4.69) is 16.0 Å². The molecule has 0 aromatic heterocycles. The van der Waals surface area contributed by atoms with Crippen LogP contribution in [0.4, 0.5) is 32.0 Å². The first-order valence-electron chi connectivity index (χ1n) is 13.7. The van der Waals surface area contributed by atoms with Crippen molar-refractivity contribution < 1.29 is 26.3 Å². The monoisotopic (exact) mass is 623 g/mol. The van der Waals surface area contributed by atoms with Crippen molar-refractivity contribution in [2.45, 2.75) is 31.0 Å². The Morgan fingerprint density at radius 3 is 1.73 bits per heavy atom. The van der Waals surface area contributed by atoms with E-state index in [4.69, 9.17) is 12.2 Å². The third-order valence-corrected chi connectivity index (χ3v) is 7.40. The summed E-state index contributed by atoms with van der Waals surface area (Å²) >= 11 is 5.48. The van der Waals surface area contributed by atoms with E-state index in [1.54, 1.807) is 0 Å². The minimum Gasteiger partial charge on any atom is -0.354 e. The standard InChI is InChI=1S/C34H27F6N3S/c35-33(36,37)26-18-27(34(38,39)40)20-28(19-26)42-32(44)43-31(24-13-5-2-6-14-24)30(23-11-3-1-4-12-23)41-21-25-16-9-15-22-10-7-8-17-29(22)25/h1-20,30-31,41H,21H2,(H2,42,43,44)/t30-,31-/m1/s1. The molecule has 2 atom stereocenters. The summed E-state index contributed by atoms with van der Waals surface area (Å²) in [5, 5.41) is 11.4. The Kier molecular flexibility index (Phi) is 9.22. The fourth-order valence-electron chi connectivity index (χ4n) is 5.11. The van der Waals surface area contributed by atoms with E-state index in [9.17, 15) is 26.3 Å². The molecule has 0 fully saturated rings. The number of hydrogen-bond donors (Lipinski definition) is 3. The van der Waals surface area contributed by atoms with Crippen molar-refractivity contribution in [3.8, 4) is 0 Å². The summed E-state index contributed by atoms with van der Waals surface area (Å²) in [6, 6.07) is 33.2. The van der Waals surface area contributed by atoms with E-state index >= 15 is 0 Å². The van der Waals surface area contributed by atoms with Gasteiger partial charge in [-0.1, -0.05) is 103 Å². The lowest BCUT2D eigenvalue weighted by atomic mass is 9.92. The highest BCUT2D eigenvalue weighted by Crippen LogP contribution is 2.38. The third-order valence-electron chi connectivity index (χ3n) is 7.18. The van der Waals surface area contributed by atoms with Crippen LogP contribution < -0.4 is 16.0 Å². The van der Waals surface area contributed by atoms with Gasteiger partial charge >= 0.3 is 12.4 Å². The molecule has 5 aromatic carbocycles. The molecule has 5 rings (SSSR count). The van der Waals surface area contributed by atoms with Gasteiger partial charge in [0.25, 0.3) is 0 Å². The Labute approximate surface area is 255 Å². The first kappa shape index (κ1) is 31.0. The molecule has 226 valence electrons. The highest BCUT2D eigenvalue weighted by atomic mass is 32.1. The Hall–Kier alpha value is -4.41. The summed E-state index contributed by atoms with van der Waals surface area (Å²) in [6.45, 7) is 0.467. The molecule has 0 aliphatic heterocycles. The lowest BCUT2D eigenvalue weighted by molar-refractivity contribution is -0.143. The normalized spacial score (nSPS) is 13.3. The van der Waals surface area contributed by atoms with Crippen LogP contribution in [0.15, 0.2) is 121 Å². The molecule has 5 aromatic rings. The van der Waals surface area contributed by atoms with Gasteiger partial charge in [-0.05, 0) is 57.9 Å². The Morgan fingerprint density at radius 2 is 1.14 bits per heavy atom. The fourth-order valence-corrected chi connectivity index (χ4v) is 5.35. The minimum atomic E-state index is -4.98. The zero-order chi connectivity index (χ0) is 31.3. The zero-order valence-electron chi connectivity index (χ0n) is 23.1. The molecule has 0 saturated heterocycles. The number of benzene rings is 5. The molecule has 3 nitrogen and oxygen atoms in total. The first-order chi connectivity index (χ1) is 21.0. The molecule has 0 amide bonds. The van der Waals surface area contributed by atoms with Crippen LogP contribution in [0.5, 0.6) is 0 Å². The van der Waals surface area contributed by atoms with Gasteiger partial charge in [-0.2, -0.15) is 26.3 Å². The van der Waals surface area contributed by atoms with Crippen molar-refractivity contribution in [3.05, 3.63) is 149 Å². The van der Waals surface area contributed by atoms with Crippen LogP contribution in [-0.4, -0.2) is 5.11 Å². The van der Waals surface area contributed by atoms with E-state index in [0.29, 0.717) is 18.7 Å². The molecule has 10 heteroatoms. The molecule has 3 N–H and O–H groups in total. The first-order valence-corrected chi connectivity index (χ1v) is 14.1. The van der Waals surface area contributed by atoms with Crippen LogP contribution in [0, 0.1) is 0 Å². The van der Waals surface area contributed by atoms with E-state index in [0.717, 1.165) is 27.5 Å². The van der Waals surface area contributed by atoms with E-state index in [-0.39, 0.29) is 11.2 Å². The molecule has 0 saturated carbocycles. The van der Waals surface area contributed by atoms with Crippen LogP contribution in [0.3, 0.4) is 0 Å². The molecule has 0 spiro atoms. The van der Waals surface area contributed by atoms with Gasteiger partial charge in [-0.3, -0.25) is 0 Å². The van der Waals surface area contributed by atoms with Gasteiger partial charge in [0.2, 0.25) is 0 Å². The summed E-state index contributed by atoms with van der Waals surface area (Å²) in [5.41, 5.74) is -0.546. The van der Waals surface area contributed by atoms with Crippen LogP contribution in [0.2, 0.25) is 0 Å². The SMILES string of the molecule is FC(F)(F)c1cc(NC(=S)N[C@H](c2ccccc2)[C@H](NCc2cccc3ccccc23)c2ccccc2)cc(C(F)(F)F)c1. The summed E-state index contributed by atoms with van der Waals surface area (Å²) in [7, 11) is 0. The number of rotatable bonds is 8. The quantitative estimate of drug-likeness (QED) is 0.119. The van der Waals surface area contributed by atoms with E-state index < -0.39 is 41.3 Å². The zero-order valence-corrected chi connectivity index (χ0v) is 23.9. The second kappa shape index (κ2) is 13.1. The molecule has 0 unspecified atom stereocenters. The number of alkyl halides is 6. The number of thiocarbonyl (C=S) groups is 1. The van der Waals surface area contributed by atoms with Crippen LogP contribution >= 0.6 is 12.2 Å². The van der Waals surface area contributed by atoms with Gasteiger partial charge in [0, 0.05) is 12.2 Å². The summed E-state index contributed by atoms with van der Waals surface area (Å²) < 4.78 is 80.8. The Balaban J connectivity index is 1.48. The van der Waals surface area contributed by atoms with E-state index in [1.807, 2.05) is 103 Å². The van der Waals surface area contributed by atoms with Crippen molar-refractivity contribution in [2.24, 2.45) is 0 Å². The van der Waals surface area contributed by atoms with Gasteiger partial charge in [-0.15, -0.1) is 0 Å². The van der Waals surface area contributed by atoms with E-state index in [1.165, 1.54) is 0 Å². The predicted molar refractivity (Wildman–Crippen MR) is 165 cm³/mol. The lowest BCUT2D eigenvalue weighted by Gasteiger charge is -2.31. The van der Waals surface area contributed by atoms with Crippen molar-refractivity contribution in [3.63, 3.8) is 0 Å². The molecule has 0 radical (unpaired) electrons. The summed E-state index contributed by atoms with van der Waals surface area (Å²) in [5.74, 6) is 0. The van der Waals surface area contributed by atoms with Gasteiger partial charge in [0.1, 0.15) is 0 Å². The lowest BCUT2D eigenvalue weighted by Crippen LogP contribution is -2.40. The van der Waals surface area contributed by atoms with Crippen molar-refractivity contribution in [1.29, 1.82) is 0 Å². The van der Waals surface area contributed by atoms with Gasteiger partial charge < -0.3 is 16.0 Å². The number of nitrogens with one attached hydrogen (secondary N) is 3. The largest absolute Gasteiger partial charge is 0.416 e. The maximum Gasteiger partial charge on any atom is 0.416 e. The molecular weight excluding hydrogens is 596 g/mol. The highest BCUT2D eigenvalue weighted by molar-refractivity contribution is 7.80. The van der Waals surface area contributed by atoms with Crippen LogP contribution in [0.1, 0.15) is 39.9 Å². The average molecular weight is 624 g/mol. The summed E-state index contributed by atoms with van der Waals surface area (Å²) in [4.78, 5) is 0. The highest BCUT2D eigenvalue weighted by Gasteiger charge is 2.37. The number of hydrogen-bond acceptors (Lipinski definition) is 2. The molecular formula is C34H27F6N3S. The number of halogens is 6. The molecule has 0 aliphatic carbocycles. The maximum atomic E-state index is 13.5. The van der Waals surface area contributed by atoms with Gasteiger partial charge in [0.15, 0.2) is 5.11 Å². The molecule has 0 heterocycles. The summed E-state index contributed by atoms with van der Waals surface area (Å²) in [6.07, 6.45) is -9.97. The average Bonchev–Trinajstić information content (AvgIpc) is 3.00. The Bertz CT molecular complexity index is 1690. The van der Waals surface area contributed by atoms with Gasteiger partial charge in [0.05, 0.1) is 23.2 Å². The number of anilines is 1. The minimum absolute atomic E-state index is 0.0804. The van der Waals surface area contributed by atoms with Crippen molar-refractivity contribution in [2.75, 3.05) is 5.32 Å². The van der Waals surface area contributed by atoms with Crippen molar-refractivity contribution >= 4 is 33.8 Å². The second-order valence-corrected chi connectivity index (χ2v) is 10.6. The van der Waals surface area contributed by atoms with Crippen LogP contribution in [-0.2, 0) is 18.9 Å². The van der Waals surface area contributed by atoms with Gasteiger partial charge in [-0.25, -0.2) is 0 Å². The molecule has 0 aliphatic rings. The topological polar surface area (TPSA) is 36.1 Å².